The summed E-state index contributed by atoms with van der Waals surface area (Å²) in [6.45, 7) is 1.49. The van der Waals surface area contributed by atoms with Gasteiger partial charge in [0.05, 0.1) is 0 Å². The average molecular weight is 516 g/mol. The summed E-state index contributed by atoms with van der Waals surface area (Å²) in [6, 6.07) is 7.98. The first-order valence-corrected chi connectivity index (χ1v) is 12.2. The molecule has 0 bridgehead atoms. The number of hydrogen-bond acceptors (Lipinski definition) is 6. The number of rotatable bonds is 5. The van der Waals surface area contributed by atoms with E-state index in [0.717, 1.165) is 31.4 Å². The van der Waals surface area contributed by atoms with E-state index in [9.17, 15) is 22.4 Å². The van der Waals surface area contributed by atoms with Crippen LogP contribution in [0.25, 0.3) is 0 Å². The van der Waals surface area contributed by atoms with Crippen molar-refractivity contribution in [3.8, 4) is 17.4 Å². The van der Waals surface area contributed by atoms with E-state index < -0.39 is 17.7 Å². The Morgan fingerprint density at radius 3 is 2.68 bits per heavy atom. The molecule has 2 aromatic heterocycles. The lowest BCUT2D eigenvalue weighted by molar-refractivity contribution is -0.141. The number of piperidine rings is 1. The molecule has 2 aliphatic heterocycles. The van der Waals surface area contributed by atoms with Crippen LogP contribution in [0.3, 0.4) is 0 Å². The Bertz CT molecular complexity index is 1400. The van der Waals surface area contributed by atoms with Crippen molar-refractivity contribution in [2.75, 3.05) is 11.4 Å². The molecule has 0 amide bonds. The lowest BCUT2D eigenvalue weighted by Crippen LogP contribution is -2.48. The molecular formula is C26H24F4N4O3. The van der Waals surface area contributed by atoms with Gasteiger partial charge in [-0.15, -0.1) is 0 Å². The fraction of sp³-hybridized carbons (Fsp3) is 0.423. The number of benzene rings is 1. The first kappa shape index (κ1) is 23.7. The summed E-state index contributed by atoms with van der Waals surface area (Å²) in [4.78, 5) is 22.3. The molecule has 2 fully saturated rings. The van der Waals surface area contributed by atoms with Crippen LogP contribution in [0.15, 0.2) is 47.4 Å². The number of aromatic nitrogens is 3. The number of ether oxygens (including phenoxy) is 2. The monoisotopic (exact) mass is 516 g/mol. The molecule has 1 saturated heterocycles. The fourth-order valence-electron chi connectivity index (χ4n) is 5.65. The number of nitrogens with zero attached hydrogens (tertiary/aromatic N) is 4. The van der Waals surface area contributed by atoms with Gasteiger partial charge in [0.1, 0.15) is 23.9 Å². The standard InChI is InChI=1S/C26H24F4N4O3/c27-19-10-16(2-3-20(19)37-18-4-8-31-21(11-18)26(28,29)30)15-36-22-12-23-33-9-7-25(5-1-6-25)13-17(33)14-34(23)24(35)32-22/h2-4,8,10-12,17H,1,5-7,9,13-15H2. The lowest BCUT2D eigenvalue weighted by atomic mass is 9.61. The van der Waals surface area contributed by atoms with Gasteiger partial charge in [-0.2, -0.15) is 18.2 Å². The molecule has 6 rings (SSSR count). The molecule has 1 spiro atoms. The van der Waals surface area contributed by atoms with E-state index in [1.807, 2.05) is 0 Å². The van der Waals surface area contributed by atoms with Crippen molar-refractivity contribution in [1.82, 2.24) is 14.5 Å². The van der Waals surface area contributed by atoms with E-state index in [-0.39, 0.29) is 29.7 Å². The van der Waals surface area contributed by atoms with Crippen LogP contribution < -0.4 is 20.1 Å². The zero-order valence-electron chi connectivity index (χ0n) is 19.8. The molecule has 1 aromatic carbocycles. The van der Waals surface area contributed by atoms with Crippen molar-refractivity contribution in [2.24, 2.45) is 5.41 Å². The van der Waals surface area contributed by atoms with E-state index >= 15 is 0 Å². The molecule has 1 saturated carbocycles. The van der Waals surface area contributed by atoms with Crippen molar-refractivity contribution in [3.05, 3.63) is 70.2 Å². The maximum Gasteiger partial charge on any atom is 0.433 e. The van der Waals surface area contributed by atoms with Crippen LogP contribution in [0, 0.1) is 11.2 Å². The Hall–Kier alpha value is -3.63. The highest BCUT2D eigenvalue weighted by Gasteiger charge is 2.46. The predicted molar refractivity (Wildman–Crippen MR) is 125 cm³/mol. The van der Waals surface area contributed by atoms with Gasteiger partial charge in [0.2, 0.25) is 5.88 Å². The second kappa shape index (κ2) is 8.74. The maximum atomic E-state index is 14.6. The first-order valence-electron chi connectivity index (χ1n) is 12.2. The quantitative estimate of drug-likeness (QED) is 0.428. The Morgan fingerprint density at radius 2 is 1.95 bits per heavy atom. The zero-order valence-corrected chi connectivity index (χ0v) is 19.8. The summed E-state index contributed by atoms with van der Waals surface area (Å²) in [5, 5.41) is 0. The summed E-state index contributed by atoms with van der Waals surface area (Å²) in [5.74, 6) is -0.225. The van der Waals surface area contributed by atoms with Gasteiger partial charge >= 0.3 is 11.9 Å². The third-order valence-electron chi connectivity index (χ3n) is 7.69. The largest absolute Gasteiger partial charge is 0.473 e. The molecule has 194 valence electrons. The van der Waals surface area contributed by atoms with Gasteiger partial charge in [-0.25, -0.2) is 9.18 Å². The van der Waals surface area contributed by atoms with Crippen LogP contribution in [-0.2, 0) is 19.3 Å². The van der Waals surface area contributed by atoms with Gasteiger partial charge in [0.15, 0.2) is 11.6 Å². The Balaban J connectivity index is 1.13. The van der Waals surface area contributed by atoms with E-state index in [1.165, 1.54) is 43.5 Å². The second-order valence-electron chi connectivity index (χ2n) is 10.0. The van der Waals surface area contributed by atoms with Crippen molar-refractivity contribution in [3.63, 3.8) is 0 Å². The Morgan fingerprint density at radius 1 is 1.11 bits per heavy atom. The average Bonchev–Trinajstić information content (AvgIpc) is 3.21. The summed E-state index contributed by atoms with van der Waals surface area (Å²) >= 11 is 0. The molecule has 0 N–H and O–H groups in total. The summed E-state index contributed by atoms with van der Waals surface area (Å²) < 4.78 is 65.9. The molecule has 1 unspecified atom stereocenters. The molecule has 11 heteroatoms. The van der Waals surface area contributed by atoms with Crippen LogP contribution in [0.2, 0.25) is 0 Å². The van der Waals surface area contributed by atoms with Crippen LogP contribution >= 0.6 is 0 Å². The molecule has 4 heterocycles. The number of pyridine rings is 1. The van der Waals surface area contributed by atoms with Gasteiger partial charge < -0.3 is 14.4 Å². The minimum absolute atomic E-state index is 0.0485. The van der Waals surface area contributed by atoms with Crippen LogP contribution in [0.5, 0.6) is 17.4 Å². The number of halogens is 4. The van der Waals surface area contributed by atoms with Gasteiger partial charge in [-0.05, 0) is 54.9 Å². The van der Waals surface area contributed by atoms with E-state index in [2.05, 4.69) is 14.9 Å². The molecule has 7 nitrogen and oxygen atoms in total. The third-order valence-corrected chi connectivity index (χ3v) is 7.69. The number of hydrogen-bond donors (Lipinski definition) is 0. The van der Waals surface area contributed by atoms with Crippen molar-refractivity contribution in [2.45, 2.75) is 57.5 Å². The molecule has 3 aromatic rings. The lowest BCUT2D eigenvalue weighted by Gasteiger charge is -2.50. The topological polar surface area (TPSA) is 69.5 Å². The van der Waals surface area contributed by atoms with Crippen molar-refractivity contribution < 1.29 is 27.0 Å². The molecule has 37 heavy (non-hydrogen) atoms. The van der Waals surface area contributed by atoms with Crippen LogP contribution in [0.1, 0.15) is 43.4 Å². The third kappa shape index (κ3) is 4.51. The summed E-state index contributed by atoms with van der Waals surface area (Å²) in [7, 11) is 0. The van der Waals surface area contributed by atoms with Gasteiger partial charge in [-0.1, -0.05) is 12.5 Å². The highest BCUT2D eigenvalue weighted by molar-refractivity contribution is 5.48. The summed E-state index contributed by atoms with van der Waals surface area (Å²) in [6.07, 6.45) is 2.35. The highest BCUT2D eigenvalue weighted by Crippen LogP contribution is 2.52. The number of alkyl halides is 3. The maximum absolute atomic E-state index is 14.6. The van der Waals surface area contributed by atoms with E-state index in [4.69, 9.17) is 9.47 Å². The fourth-order valence-corrected chi connectivity index (χ4v) is 5.65. The summed E-state index contributed by atoms with van der Waals surface area (Å²) in [5.41, 5.74) is -0.611. The van der Waals surface area contributed by atoms with Crippen LogP contribution in [-0.4, -0.2) is 27.1 Å². The first-order chi connectivity index (χ1) is 17.7. The smallest absolute Gasteiger partial charge is 0.433 e. The van der Waals surface area contributed by atoms with Crippen molar-refractivity contribution in [1.29, 1.82) is 0 Å². The minimum Gasteiger partial charge on any atom is -0.473 e. The van der Waals surface area contributed by atoms with Crippen LogP contribution in [0.4, 0.5) is 23.4 Å². The second-order valence-corrected chi connectivity index (χ2v) is 10.0. The van der Waals surface area contributed by atoms with E-state index in [0.29, 0.717) is 29.6 Å². The van der Waals surface area contributed by atoms with Gasteiger partial charge in [0.25, 0.3) is 0 Å². The highest BCUT2D eigenvalue weighted by atomic mass is 19.4. The van der Waals surface area contributed by atoms with E-state index in [1.54, 1.807) is 10.6 Å². The molecule has 0 radical (unpaired) electrons. The number of fused-ring (bicyclic) bond motifs is 3. The van der Waals surface area contributed by atoms with Gasteiger partial charge in [0, 0.05) is 37.5 Å². The SMILES string of the molecule is O=c1nc(OCc2ccc(Oc3ccnc(C(F)(F)F)c3)c(F)c2)cc2n1CC1CC3(CCC3)CCN21. The van der Waals surface area contributed by atoms with Crippen molar-refractivity contribution >= 4 is 5.82 Å². The normalized spacial score (nSPS) is 19.8. The predicted octanol–water partition coefficient (Wildman–Crippen LogP) is 5.32. The molecule has 3 aliphatic rings. The minimum atomic E-state index is -4.64. The molecular weight excluding hydrogens is 492 g/mol. The molecule has 1 atom stereocenters. The Labute approximate surface area is 209 Å². The molecule has 1 aliphatic carbocycles. The Kier molecular flexibility index (Phi) is 5.61. The van der Waals surface area contributed by atoms with Gasteiger partial charge in [-0.3, -0.25) is 9.55 Å². The zero-order chi connectivity index (χ0) is 25.8. The number of anilines is 1.